The Morgan fingerprint density at radius 2 is 2.04 bits per heavy atom. The highest BCUT2D eigenvalue weighted by Crippen LogP contribution is 2.43. The van der Waals surface area contributed by atoms with Crippen LogP contribution in [0.5, 0.6) is 0 Å². The van der Waals surface area contributed by atoms with Gasteiger partial charge in [0.1, 0.15) is 23.6 Å². The van der Waals surface area contributed by atoms with E-state index in [1.54, 1.807) is 12.1 Å². The maximum Gasteiger partial charge on any atom is 0.313 e. The average molecular weight is 348 g/mol. The molecule has 1 aliphatic carbocycles. The zero-order chi connectivity index (χ0) is 18.0. The quantitative estimate of drug-likeness (QED) is 0.652. The fourth-order valence-corrected chi connectivity index (χ4v) is 4.30. The lowest BCUT2D eigenvalue weighted by atomic mass is 9.76. The molecule has 0 aromatic heterocycles. The van der Waals surface area contributed by atoms with E-state index in [1.807, 2.05) is 0 Å². The van der Waals surface area contributed by atoms with Crippen molar-refractivity contribution < 1.29 is 23.8 Å². The number of aryl methyl sites for hydroxylation is 1. The fourth-order valence-electron chi connectivity index (χ4n) is 4.30. The topological polar surface area (TPSA) is 63.6 Å². The van der Waals surface area contributed by atoms with Crippen molar-refractivity contribution in [1.29, 1.82) is 0 Å². The number of rotatable bonds is 5. The van der Waals surface area contributed by atoms with Crippen molar-refractivity contribution in [2.75, 3.05) is 0 Å². The first-order valence-corrected chi connectivity index (χ1v) is 9.09. The van der Waals surface area contributed by atoms with Gasteiger partial charge in [0, 0.05) is 12.0 Å². The first-order chi connectivity index (χ1) is 11.9. The number of aliphatic hydroxyl groups is 1. The van der Waals surface area contributed by atoms with Crippen LogP contribution in [0, 0.1) is 11.7 Å². The molecule has 1 N–H and O–H groups in total. The molecule has 1 saturated heterocycles. The first-order valence-electron chi connectivity index (χ1n) is 9.09. The van der Waals surface area contributed by atoms with Crippen LogP contribution in [-0.4, -0.2) is 22.5 Å². The number of hydrogen-bond acceptors (Lipinski definition) is 4. The van der Waals surface area contributed by atoms with Gasteiger partial charge in [-0.3, -0.25) is 9.59 Å². The Balaban J connectivity index is 1.78. The van der Waals surface area contributed by atoms with E-state index >= 15 is 0 Å². The highest BCUT2D eigenvalue weighted by molar-refractivity contribution is 5.98. The van der Waals surface area contributed by atoms with E-state index in [9.17, 15) is 19.1 Å². The second kappa shape index (κ2) is 7.24. The number of carbonyl (C=O) groups is 2. The van der Waals surface area contributed by atoms with E-state index in [1.165, 1.54) is 13.0 Å². The summed E-state index contributed by atoms with van der Waals surface area (Å²) in [6, 6.07) is 4.81. The number of ketones is 1. The van der Waals surface area contributed by atoms with Gasteiger partial charge in [-0.05, 0) is 50.2 Å². The number of esters is 1. The van der Waals surface area contributed by atoms with Crippen LogP contribution in [0.15, 0.2) is 18.2 Å². The third-order valence-electron chi connectivity index (χ3n) is 5.61. The van der Waals surface area contributed by atoms with E-state index in [-0.39, 0.29) is 30.1 Å². The molecule has 1 saturated carbocycles. The predicted octanol–water partition coefficient (Wildman–Crippen LogP) is 3.65. The summed E-state index contributed by atoms with van der Waals surface area (Å²) in [5.74, 6) is -0.709. The summed E-state index contributed by atoms with van der Waals surface area (Å²) in [6.45, 7) is 1.53. The molecule has 3 rings (SSSR count). The summed E-state index contributed by atoms with van der Waals surface area (Å²) in [5.41, 5.74) is 0.323. The van der Waals surface area contributed by atoms with Crippen molar-refractivity contribution in [2.24, 2.45) is 5.92 Å². The fraction of sp³-hybridized carbons (Fsp3) is 0.600. The Kier molecular flexibility index (Phi) is 5.23. The number of carbonyl (C=O) groups excluding carboxylic acids is 2. The van der Waals surface area contributed by atoms with Crippen LogP contribution >= 0.6 is 0 Å². The third-order valence-corrected chi connectivity index (χ3v) is 5.61. The molecule has 1 heterocycles. The standard InChI is InChI=1S/C20H25FO4/c1-13(22)17-7-6-14(10-18(17)21)8-9-20(15-4-2-3-5-15)12-16(23)11-19(24)25-20/h6-7,10,13,15,22H,2-5,8-9,11-12H2,1H3/t13-,20?/m1/s1. The SMILES string of the molecule is C[C@@H](O)c1ccc(CCC2(C3CCCC3)CC(=O)CC(=O)O2)cc1F. The molecule has 0 bridgehead atoms. The summed E-state index contributed by atoms with van der Waals surface area (Å²) in [7, 11) is 0. The summed E-state index contributed by atoms with van der Waals surface area (Å²) in [6.07, 6.45) is 4.48. The van der Waals surface area contributed by atoms with Gasteiger partial charge in [-0.1, -0.05) is 25.0 Å². The molecule has 2 atom stereocenters. The molecule has 0 radical (unpaired) electrons. The Bertz CT molecular complexity index is 646. The highest BCUT2D eigenvalue weighted by Gasteiger charge is 2.47. The normalized spacial score (nSPS) is 25.9. The summed E-state index contributed by atoms with van der Waals surface area (Å²) >= 11 is 0. The second-order valence-corrected chi connectivity index (χ2v) is 7.44. The van der Waals surface area contributed by atoms with E-state index in [4.69, 9.17) is 4.74 Å². The minimum absolute atomic E-state index is 0.0567. The van der Waals surface area contributed by atoms with E-state index in [0.29, 0.717) is 12.8 Å². The Labute approximate surface area is 147 Å². The molecule has 1 aromatic carbocycles. The van der Waals surface area contributed by atoms with Crippen LogP contribution in [0.1, 0.15) is 69.1 Å². The molecule has 1 unspecified atom stereocenters. The predicted molar refractivity (Wildman–Crippen MR) is 90.4 cm³/mol. The van der Waals surface area contributed by atoms with Crippen LogP contribution < -0.4 is 0 Å². The molecular weight excluding hydrogens is 323 g/mol. The largest absolute Gasteiger partial charge is 0.458 e. The molecule has 2 fully saturated rings. The second-order valence-electron chi connectivity index (χ2n) is 7.44. The Morgan fingerprint density at radius 1 is 1.32 bits per heavy atom. The van der Waals surface area contributed by atoms with Gasteiger partial charge in [-0.2, -0.15) is 0 Å². The summed E-state index contributed by atoms with van der Waals surface area (Å²) < 4.78 is 19.8. The summed E-state index contributed by atoms with van der Waals surface area (Å²) in [4.78, 5) is 23.9. The lowest BCUT2D eigenvalue weighted by Crippen LogP contribution is -2.48. The van der Waals surface area contributed by atoms with E-state index < -0.39 is 23.5 Å². The van der Waals surface area contributed by atoms with Gasteiger partial charge >= 0.3 is 5.97 Å². The molecule has 4 nitrogen and oxygen atoms in total. The Morgan fingerprint density at radius 3 is 2.64 bits per heavy atom. The summed E-state index contributed by atoms with van der Waals surface area (Å²) in [5, 5.41) is 9.54. The molecule has 0 spiro atoms. The van der Waals surface area contributed by atoms with Crippen LogP contribution in [0.25, 0.3) is 0 Å². The maximum absolute atomic E-state index is 14.1. The van der Waals surface area contributed by atoms with Crippen LogP contribution in [0.4, 0.5) is 4.39 Å². The molecule has 2 aliphatic rings. The van der Waals surface area contributed by atoms with Crippen LogP contribution in [0.2, 0.25) is 0 Å². The molecule has 136 valence electrons. The smallest absolute Gasteiger partial charge is 0.313 e. The van der Waals surface area contributed by atoms with Gasteiger partial charge < -0.3 is 9.84 Å². The van der Waals surface area contributed by atoms with Gasteiger partial charge in [0.25, 0.3) is 0 Å². The monoisotopic (exact) mass is 348 g/mol. The minimum atomic E-state index is -0.851. The van der Waals surface area contributed by atoms with Crippen molar-refractivity contribution in [2.45, 2.75) is 70.0 Å². The average Bonchev–Trinajstić information content (AvgIpc) is 3.07. The van der Waals surface area contributed by atoms with Gasteiger partial charge in [-0.25, -0.2) is 4.39 Å². The molecule has 5 heteroatoms. The number of halogens is 1. The van der Waals surface area contributed by atoms with E-state index in [0.717, 1.165) is 31.2 Å². The number of Topliss-reactive ketones (excluding diaryl/α,β-unsaturated/α-hetero) is 1. The number of aliphatic hydroxyl groups excluding tert-OH is 1. The zero-order valence-corrected chi connectivity index (χ0v) is 14.6. The molecule has 1 aromatic rings. The number of hydrogen-bond donors (Lipinski definition) is 1. The van der Waals surface area contributed by atoms with Gasteiger partial charge in [-0.15, -0.1) is 0 Å². The molecule has 0 amide bonds. The first kappa shape index (κ1) is 18.1. The van der Waals surface area contributed by atoms with Crippen molar-refractivity contribution >= 4 is 11.8 Å². The highest BCUT2D eigenvalue weighted by atomic mass is 19.1. The van der Waals surface area contributed by atoms with Crippen LogP contribution in [0.3, 0.4) is 0 Å². The lowest BCUT2D eigenvalue weighted by Gasteiger charge is -2.41. The number of benzene rings is 1. The molecule has 1 aliphatic heterocycles. The zero-order valence-electron chi connectivity index (χ0n) is 14.6. The molecular formula is C20H25FO4. The third kappa shape index (κ3) is 3.92. The minimum Gasteiger partial charge on any atom is -0.458 e. The molecule has 25 heavy (non-hydrogen) atoms. The van der Waals surface area contributed by atoms with Crippen LogP contribution in [-0.2, 0) is 20.7 Å². The van der Waals surface area contributed by atoms with Crippen molar-refractivity contribution in [3.63, 3.8) is 0 Å². The van der Waals surface area contributed by atoms with Gasteiger partial charge in [0.05, 0.1) is 6.10 Å². The van der Waals surface area contributed by atoms with Crippen molar-refractivity contribution in [1.82, 2.24) is 0 Å². The lowest BCUT2D eigenvalue weighted by molar-refractivity contribution is -0.178. The maximum atomic E-state index is 14.1. The number of ether oxygens (including phenoxy) is 1. The van der Waals surface area contributed by atoms with Gasteiger partial charge in [0.15, 0.2) is 0 Å². The Hall–Kier alpha value is -1.75. The van der Waals surface area contributed by atoms with E-state index in [2.05, 4.69) is 0 Å². The van der Waals surface area contributed by atoms with Crippen molar-refractivity contribution in [3.05, 3.63) is 35.1 Å². The van der Waals surface area contributed by atoms with Gasteiger partial charge in [0.2, 0.25) is 0 Å². The number of cyclic esters (lactones) is 1. The van der Waals surface area contributed by atoms with Crippen molar-refractivity contribution in [3.8, 4) is 0 Å².